The second kappa shape index (κ2) is 8.14. The summed E-state index contributed by atoms with van der Waals surface area (Å²) < 4.78 is 5.95. The topological polar surface area (TPSA) is 9.23 Å². The average Bonchev–Trinajstić information content (AvgIpc) is 2.49. The van der Waals surface area contributed by atoms with Crippen molar-refractivity contribution < 1.29 is 4.74 Å². The van der Waals surface area contributed by atoms with Gasteiger partial charge in [0.15, 0.2) is 0 Å². The number of ether oxygens (including phenoxy) is 1. The molecule has 0 unspecified atom stereocenters. The second-order valence-electron chi connectivity index (χ2n) is 5.78. The fraction of sp³-hybridized carbons (Fsp3) is 0.579. The van der Waals surface area contributed by atoms with Crippen LogP contribution in [0.2, 0.25) is 0 Å². The molecule has 110 valence electrons. The van der Waals surface area contributed by atoms with Crippen LogP contribution in [0.25, 0.3) is 5.57 Å². The minimum absolute atomic E-state index is 0.808. The number of unbranched alkanes of at least 4 members (excludes halogenated alkanes) is 4. The maximum Gasteiger partial charge on any atom is 0.127 e. The third-order valence-electron chi connectivity index (χ3n) is 4.15. The van der Waals surface area contributed by atoms with Crippen molar-refractivity contribution in [3.8, 4) is 5.75 Å². The first-order valence-electron chi connectivity index (χ1n) is 8.30. The molecule has 1 aliphatic heterocycles. The minimum atomic E-state index is 0.808. The van der Waals surface area contributed by atoms with Gasteiger partial charge < -0.3 is 4.74 Å². The van der Waals surface area contributed by atoms with Gasteiger partial charge in [0.25, 0.3) is 0 Å². The molecule has 1 aromatic carbocycles. The quantitative estimate of drug-likeness (QED) is 0.528. The standard InChI is InChI=1S/C19H28O/c1-3-5-7-11-16-15-20-19-14-10-9-13-18(19)17(16)12-8-6-4-2/h9-10,13-14H,3-8,11-12,15H2,1-2H3. The molecule has 2 rings (SSSR count). The van der Waals surface area contributed by atoms with Crippen LogP contribution in [0, 0.1) is 0 Å². The summed E-state index contributed by atoms with van der Waals surface area (Å²) in [6.07, 6.45) is 10.3. The van der Waals surface area contributed by atoms with E-state index in [0.717, 1.165) is 12.4 Å². The Hall–Kier alpha value is -1.24. The first-order valence-corrected chi connectivity index (χ1v) is 8.30. The Balaban J connectivity index is 2.16. The molecular weight excluding hydrogens is 244 g/mol. The molecule has 0 aliphatic carbocycles. The smallest absolute Gasteiger partial charge is 0.127 e. The van der Waals surface area contributed by atoms with E-state index in [0.29, 0.717) is 0 Å². The maximum atomic E-state index is 5.95. The first-order chi connectivity index (χ1) is 9.86. The van der Waals surface area contributed by atoms with Crippen molar-refractivity contribution in [2.24, 2.45) is 0 Å². The van der Waals surface area contributed by atoms with E-state index in [1.807, 2.05) is 0 Å². The molecule has 0 atom stereocenters. The summed E-state index contributed by atoms with van der Waals surface area (Å²) in [7, 11) is 0. The predicted molar refractivity (Wildman–Crippen MR) is 87.1 cm³/mol. The molecule has 0 fully saturated rings. The van der Waals surface area contributed by atoms with Crippen LogP contribution >= 0.6 is 0 Å². The zero-order valence-electron chi connectivity index (χ0n) is 13.1. The van der Waals surface area contributed by atoms with E-state index in [1.165, 1.54) is 56.9 Å². The summed E-state index contributed by atoms with van der Waals surface area (Å²) in [5.74, 6) is 1.08. The number of allylic oxidation sites excluding steroid dienone is 1. The van der Waals surface area contributed by atoms with Gasteiger partial charge in [0.2, 0.25) is 0 Å². The largest absolute Gasteiger partial charge is 0.489 e. The summed E-state index contributed by atoms with van der Waals surface area (Å²) in [5.41, 5.74) is 4.48. The number of rotatable bonds is 8. The van der Waals surface area contributed by atoms with Crippen LogP contribution in [0.5, 0.6) is 5.75 Å². The minimum Gasteiger partial charge on any atom is -0.489 e. The van der Waals surface area contributed by atoms with E-state index in [-0.39, 0.29) is 0 Å². The summed E-state index contributed by atoms with van der Waals surface area (Å²) in [6.45, 7) is 5.35. The van der Waals surface area contributed by atoms with E-state index in [9.17, 15) is 0 Å². The second-order valence-corrected chi connectivity index (χ2v) is 5.78. The maximum absolute atomic E-state index is 5.95. The Bertz CT molecular complexity index is 445. The highest BCUT2D eigenvalue weighted by Crippen LogP contribution is 2.37. The van der Waals surface area contributed by atoms with Gasteiger partial charge in [0.1, 0.15) is 12.4 Å². The van der Waals surface area contributed by atoms with Gasteiger partial charge in [-0.05, 0) is 42.9 Å². The fourth-order valence-corrected chi connectivity index (χ4v) is 2.96. The van der Waals surface area contributed by atoms with Crippen LogP contribution in [0.15, 0.2) is 29.8 Å². The van der Waals surface area contributed by atoms with Crippen LogP contribution in [0.3, 0.4) is 0 Å². The summed E-state index contributed by atoms with van der Waals surface area (Å²) >= 11 is 0. The van der Waals surface area contributed by atoms with Crippen molar-refractivity contribution >= 4 is 5.57 Å². The molecule has 20 heavy (non-hydrogen) atoms. The number of hydrogen-bond donors (Lipinski definition) is 0. The summed E-state index contributed by atoms with van der Waals surface area (Å²) in [4.78, 5) is 0. The van der Waals surface area contributed by atoms with Gasteiger partial charge in [-0.3, -0.25) is 0 Å². The molecule has 0 radical (unpaired) electrons. The monoisotopic (exact) mass is 272 g/mol. The fourth-order valence-electron chi connectivity index (χ4n) is 2.96. The molecule has 1 heteroatoms. The van der Waals surface area contributed by atoms with E-state index in [1.54, 1.807) is 11.1 Å². The first kappa shape index (κ1) is 15.2. The number of benzene rings is 1. The van der Waals surface area contributed by atoms with Crippen molar-refractivity contribution in [2.75, 3.05) is 6.61 Å². The molecule has 0 amide bonds. The van der Waals surface area contributed by atoms with Crippen LogP contribution < -0.4 is 4.74 Å². The molecule has 1 aliphatic rings. The Kier molecular flexibility index (Phi) is 6.17. The van der Waals surface area contributed by atoms with Crippen LogP contribution in [-0.2, 0) is 0 Å². The molecule has 1 aromatic rings. The number of para-hydroxylation sites is 1. The van der Waals surface area contributed by atoms with Gasteiger partial charge in [0, 0.05) is 5.56 Å². The van der Waals surface area contributed by atoms with Crippen LogP contribution in [0.1, 0.15) is 70.8 Å². The van der Waals surface area contributed by atoms with E-state index >= 15 is 0 Å². The Labute approximate surface area is 124 Å². The Morgan fingerprint density at radius 3 is 2.35 bits per heavy atom. The highest BCUT2D eigenvalue weighted by molar-refractivity contribution is 5.74. The Morgan fingerprint density at radius 1 is 0.900 bits per heavy atom. The lowest BCUT2D eigenvalue weighted by Gasteiger charge is -2.24. The average molecular weight is 272 g/mol. The molecular formula is C19H28O. The van der Waals surface area contributed by atoms with Crippen molar-refractivity contribution in [1.29, 1.82) is 0 Å². The van der Waals surface area contributed by atoms with Gasteiger partial charge in [-0.1, -0.05) is 57.7 Å². The van der Waals surface area contributed by atoms with E-state index < -0.39 is 0 Å². The predicted octanol–water partition coefficient (Wildman–Crippen LogP) is 5.99. The molecule has 0 spiro atoms. The third kappa shape index (κ3) is 3.88. The molecule has 0 bridgehead atoms. The van der Waals surface area contributed by atoms with E-state index in [2.05, 4.69) is 38.1 Å². The van der Waals surface area contributed by atoms with E-state index in [4.69, 9.17) is 4.74 Å². The normalized spacial score (nSPS) is 14.1. The van der Waals surface area contributed by atoms with Gasteiger partial charge in [0.05, 0.1) is 0 Å². The van der Waals surface area contributed by atoms with Crippen molar-refractivity contribution in [3.05, 3.63) is 35.4 Å². The zero-order valence-corrected chi connectivity index (χ0v) is 13.1. The molecule has 0 saturated carbocycles. The SMILES string of the molecule is CCCCCC1=C(CCCCC)c2ccccc2OC1. The lowest BCUT2D eigenvalue weighted by Crippen LogP contribution is -2.11. The van der Waals surface area contributed by atoms with Crippen LogP contribution in [-0.4, -0.2) is 6.61 Å². The van der Waals surface area contributed by atoms with Crippen molar-refractivity contribution in [1.82, 2.24) is 0 Å². The molecule has 1 nitrogen and oxygen atoms in total. The van der Waals surface area contributed by atoms with Gasteiger partial charge >= 0.3 is 0 Å². The highest BCUT2D eigenvalue weighted by atomic mass is 16.5. The van der Waals surface area contributed by atoms with Gasteiger partial charge in [-0.15, -0.1) is 0 Å². The van der Waals surface area contributed by atoms with Crippen LogP contribution in [0.4, 0.5) is 0 Å². The molecule has 0 N–H and O–H groups in total. The molecule has 1 heterocycles. The van der Waals surface area contributed by atoms with Gasteiger partial charge in [-0.25, -0.2) is 0 Å². The lowest BCUT2D eigenvalue weighted by atomic mass is 9.90. The summed E-state index contributed by atoms with van der Waals surface area (Å²) in [6, 6.07) is 8.55. The lowest BCUT2D eigenvalue weighted by molar-refractivity contribution is 0.339. The number of hydrogen-bond acceptors (Lipinski definition) is 1. The number of fused-ring (bicyclic) bond motifs is 1. The molecule has 0 aromatic heterocycles. The van der Waals surface area contributed by atoms with Gasteiger partial charge in [-0.2, -0.15) is 0 Å². The molecule has 0 saturated heterocycles. The summed E-state index contributed by atoms with van der Waals surface area (Å²) in [5, 5.41) is 0. The van der Waals surface area contributed by atoms with Crippen molar-refractivity contribution in [3.63, 3.8) is 0 Å². The zero-order chi connectivity index (χ0) is 14.2. The third-order valence-corrected chi connectivity index (χ3v) is 4.15. The Morgan fingerprint density at radius 2 is 1.60 bits per heavy atom. The highest BCUT2D eigenvalue weighted by Gasteiger charge is 2.18. The van der Waals surface area contributed by atoms with Crippen molar-refractivity contribution in [2.45, 2.75) is 65.2 Å².